The maximum Gasteiger partial charge on any atom is 0.160 e. The fraction of sp³-hybridized carbons (Fsp3) is 0.250. The summed E-state index contributed by atoms with van der Waals surface area (Å²) in [5.74, 6) is 0.894. The number of aromatic nitrogens is 1. The molecule has 2 heterocycles. The molecule has 0 aromatic carbocycles. The van der Waals surface area contributed by atoms with E-state index in [9.17, 15) is 0 Å². The maximum absolute atomic E-state index is 4.29. The van der Waals surface area contributed by atoms with Gasteiger partial charge in [0.05, 0.1) is 5.69 Å². The molecule has 0 amide bonds. The van der Waals surface area contributed by atoms with Crippen LogP contribution in [-0.4, -0.2) is 10.8 Å². The summed E-state index contributed by atoms with van der Waals surface area (Å²) in [6.07, 6.45) is 1.73. The standard InChI is InChI=1S/C8H10N4/c1-6-10-8(12-11-6)7-4-2-3-5-9-7/h2-5,8,12H,1H3,(H,10,11). The molecular formula is C8H10N4. The Morgan fingerprint density at radius 2 is 2.33 bits per heavy atom. The zero-order valence-corrected chi connectivity index (χ0v) is 6.78. The minimum atomic E-state index is -0.0359. The Morgan fingerprint density at radius 1 is 1.42 bits per heavy atom. The van der Waals surface area contributed by atoms with Crippen LogP contribution in [-0.2, 0) is 0 Å². The highest BCUT2D eigenvalue weighted by Gasteiger charge is 2.15. The van der Waals surface area contributed by atoms with Crippen LogP contribution in [0.2, 0.25) is 0 Å². The third-order valence-electron chi connectivity index (χ3n) is 1.68. The second kappa shape index (κ2) is 2.91. The molecule has 0 saturated carbocycles. The number of nitrogens with one attached hydrogen (secondary N) is 2. The zero-order chi connectivity index (χ0) is 8.39. The van der Waals surface area contributed by atoms with Crippen LogP contribution in [0.4, 0.5) is 0 Å². The van der Waals surface area contributed by atoms with Crippen molar-refractivity contribution in [2.75, 3.05) is 0 Å². The van der Waals surface area contributed by atoms with Crippen LogP contribution in [0.15, 0.2) is 29.4 Å². The first-order valence-corrected chi connectivity index (χ1v) is 3.83. The van der Waals surface area contributed by atoms with Gasteiger partial charge < -0.3 is 5.43 Å². The lowest BCUT2D eigenvalue weighted by Crippen LogP contribution is -2.30. The summed E-state index contributed by atoms with van der Waals surface area (Å²) < 4.78 is 0. The second-order valence-electron chi connectivity index (χ2n) is 2.64. The highest BCUT2D eigenvalue weighted by atomic mass is 15.5. The molecule has 1 aliphatic rings. The van der Waals surface area contributed by atoms with Crippen molar-refractivity contribution in [3.8, 4) is 0 Å². The normalized spacial score (nSPS) is 21.8. The molecule has 2 rings (SSSR count). The number of amidine groups is 1. The van der Waals surface area contributed by atoms with Crippen molar-refractivity contribution in [1.29, 1.82) is 0 Å². The summed E-state index contributed by atoms with van der Waals surface area (Å²) in [5, 5.41) is 0. The fourth-order valence-electron chi connectivity index (χ4n) is 1.11. The van der Waals surface area contributed by atoms with E-state index in [0.717, 1.165) is 11.5 Å². The third kappa shape index (κ3) is 1.29. The van der Waals surface area contributed by atoms with E-state index in [4.69, 9.17) is 0 Å². The fourth-order valence-corrected chi connectivity index (χ4v) is 1.11. The number of nitrogens with zero attached hydrogens (tertiary/aromatic N) is 2. The SMILES string of the molecule is CC1=NC(c2ccccn2)NN1. The molecule has 1 atom stereocenters. The van der Waals surface area contributed by atoms with Crippen molar-refractivity contribution in [2.45, 2.75) is 13.1 Å². The van der Waals surface area contributed by atoms with Gasteiger partial charge in [-0.1, -0.05) is 6.07 Å². The van der Waals surface area contributed by atoms with Gasteiger partial charge in [0.25, 0.3) is 0 Å². The molecule has 1 aromatic heterocycles. The number of hydrogen-bond donors (Lipinski definition) is 2. The van der Waals surface area contributed by atoms with Crippen molar-refractivity contribution in [3.63, 3.8) is 0 Å². The van der Waals surface area contributed by atoms with Gasteiger partial charge in [-0.05, 0) is 19.1 Å². The summed E-state index contributed by atoms with van der Waals surface area (Å²) >= 11 is 0. The first-order chi connectivity index (χ1) is 5.86. The largest absolute Gasteiger partial charge is 0.307 e. The van der Waals surface area contributed by atoms with Crippen molar-refractivity contribution < 1.29 is 0 Å². The van der Waals surface area contributed by atoms with Gasteiger partial charge in [-0.2, -0.15) is 0 Å². The van der Waals surface area contributed by atoms with Crippen LogP contribution in [0, 0.1) is 0 Å². The van der Waals surface area contributed by atoms with E-state index >= 15 is 0 Å². The predicted octanol–water partition coefficient (Wildman–Crippen LogP) is 0.606. The molecule has 0 fully saturated rings. The average Bonchev–Trinajstić information content (AvgIpc) is 2.54. The Kier molecular flexibility index (Phi) is 1.75. The van der Waals surface area contributed by atoms with E-state index in [0.29, 0.717) is 0 Å². The van der Waals surface area contributed by atoms with Crippen molar-refractivity contribution in [2.24, 2.45) is 4.99 Å². The zero-order valence-electron chi connectivity index (χ0n) is 6.78. The van der Waals surface area contributed by atoms with Crippen LogP contribution < -0.4 is 10.9 Å². The topological polar surface area (TPSA) is 49.3 Å². The van der Waals surface area contributed by atoms with Crippen molar-refractivity contribution >= 4 is 5.84 Å². The number of hydrazine groups is 1. The lowest BCUT2D eigenvalue weighted by molar-refractivity contribution is 0.561. The summed E-state index contributed by atoms with van der Waals surface area (Å²) in [4.78, 5) is 8.48. The molecule has 0 saturated heterocycles. The Bertz CT molecular complexity index is 293. The molecule has 1 aliphatic heterocycles. The average molecular weight is 162 g/mol. The van der Waals surface area contributed by atoms with E-state index in [1.165, 1.54) is 0 Å². The van der Waals surface area contributed by atoms with Gasteiger partial charge >= 0.3 is 0 Å². The Labute approximate surface area is 70.7 Å². The maximum atomic E-state index is 4.29. The summed E-state index contributed by atoms with van der Waals surface area (Å²) in [7, 11) is 0. The van der Waals surface area contributed by atoms with Crippen molar-refractivity contribution in [1.82, 2.24) is 15.8 Å². The monoisotopic (exact) mass is 162 g/mol. The van der Waals surface area contributed by atoms with Gasteiger partial charge in [-0.25, -0.2) is 10.4 Å². The molecule has 62 valence electrons. The molecule has 1 aromatic rings. The van der Waals surface area contributed by atoms with E-state index in [-0.39, 0.29) is 6.17 Å². The molecular weight excluding hydrogens is 152 g/mol. The summed E-state index contributed by atoms with van der Waals surface area (Å²) in [5.41, 5.74) is 6.87. The molecule has 12 heavy (non-hydrogen) atoms. The van der Waals surface area contributed by atoms with E-state index in [2.05, 4.69) is 20.8 Å². The minimum Gasteiger partial charge on any atom is -0.307 e. The molecule has 0 bridgehead atoms. The van der Waals surface area contributed by atoms with E-state index in [1.54, 1.807) is 6.20 Å². The Balaban J connectivity index is 2.22. The van der Waals surface area contributed by atoms with Crippen LogP contribution in [0.3, 0.4) is 0 Å². The Morgan fingerprint density at radius 3 is 2.92 bits per heavy atom. The molecule has 0 spiro atoms. The number of rotatable bonds is 1. The second-order valence-corrected chi connectivity index (χ2v) is 2.64. The lowest BCUT2D eigenvalue weighted by Gasteiger charge is -2.04. The molecule has 0 aliphatic carbocycles. The van der Waals surface area contributed by atoms with Gasteiger partial charge in [0, 0.05) is 6.20 Å². The molecule has 1 unspecified atom stereocenters. The Hall–Kier alpha value is -1.42. The smallest absolute Gasteiger partial charge is 0.160 e. The minimum absolute atomic E-state index is 0.0359. The quantitative estimate of drug-likeness (QED) is 0.636. The van der Waals surface area contributed by atoms with Gasteiger partial charge in [0.2, 0.25) is 0 Å². The molecule has 4 heteroatoms. The highest BCUT2D eigenvalue weighted by molar-refractivity contribution is 5.80. The van der Waals surface area contributed by atoms with Gasteiger partial charge in [0.1, 0.15) is 5.84 Å². The van der Waals surface area contributed by atoms with Crippen LogP contribution in [0.1, 0.15) is 18.8 Å². The van der Waals surface area contributed by atoms with E-state index in [1.807, 2.05) is 25.1 Å². The predicted molar refractivity (Wildman–Crippen MR) is 46.4 cm³/mol. The number of aliphatic imine (C=N–C) groups is 1. The van der Waals surface area contributed by atoms with Crippen LogP contribution in [0.5, 0.6) is 0 Å². The summed E-state index contributed by atoms with van der Waals surface area (Å²) in [6.45, 7) is 1.91. The highest BCUT2D eigenvalue weighted by Crippen LogP contribution is 2.12. The van der Waals surface area contributed by atoms with Gasteiger partial charge in [-0.15, -0.1) is 0 Å². The van der Waals surface area contributed by atoms with Gasteiger partial charge in [-0.3, -0.25) is 4.98 Å². The van der Waals surface area contributed by atoms with E-state index < -0.39 is 0 Å². The van der Waals surface area contributed by atoms with Gasteiger partial charge in [0.15, 0.2) is 6.17 Å². The van der Waals surface area contributed by atoms with Crippen molar-refractivity contribution in [3.05, 3.63) is 30.1 Å². The molecule has 4 nitrogen and oxygen atoms in total. The first-order valence-electron chi connectivity index (χ1n) is 3.83. The lowest BCUT2D eigenvalue weighted by atomic mass is 10.3. The number of hydrogen-bond acceptors (Lipinski definition) is 4. The van der Waals surface area contributed by atoms with Crippen LogP contribution >= 0.6 is 0 Å². The van der Waals surface area contributed by atoms with Crippen LogP contribution in [0.25, 0.3) is 0 Å². The number of pyridine rings is 1. The third-order valence-corrected chi connectivity index (χ3v) is 1.68. The molecule has 2 N–H and O–H groups in total. The molecule has 0 radical (unpaired) electrons. The summed E-state index contributed by atoms with van der Waals surface area (Å²) in [6, 6.07) is 5.79. The first kappa shape index (κ1) is 7.24.